The summed E-state index contributed by atoms with van der Waals surface area (Å²) in [6, 6.07) is 5.02. The van der Waals surface area contributed by atoms with Crippen molar-refractivity contribution in [2.75, 3.05) is 6.61 Å². The van der Waals surface area contributed by atoms with Crippen molar-refractivity contribution in [3.8, 4) is 5.69 Å². The minimum Gasteiger partial charge on any atom is -0.404 e. The molecule has 6 atom stereocenters. The molecule has 240 valence electrons. The van der Waals surface area contributed by atoms with E-state index in [1.165, 1.54) is 25.1 Å². The minimum absolute atomic E-state index is 0.0624. The van der Waals surface area contributed by atoms with Crippen molar-refractivity contribution in [1.82, 2.24) is 14.8 Å². The number of alkyl halides is 3. The lowest BCUT2D eigenvalue weighted by Crippen LogP contribution is -2.54. The number of hydrogen-bond donors (Lipinski definition) is 3. The monoisotopic (exact) mass is 653 g/mol. The molecule has 9 nitrogen and oxygen atoms in total. The molecule has 0 spiro atoms. The molecule has 1 saturated carbocycles. The molecule has 1 aromatic heterocycles. The summed E-state index contributed by atoms with van der Waals surface area (Å²) in [5, 5.41) is 26.1. The molecule has 2 aliphatic heterocycles. The van der Waals surface area contributed by atoms with Crippen LogP contribution in [-0.2, 0) is 21.1 Å². The van der Waals surface area contributed by atoms with E-state index in [0.717, 1.165) is 42.1 Å². The average Bonchev–Trinajstić information content (AvgIpc) is 3.47. The van der Waals surface area contributed by atoms with Gasteiger partial charge in [0.15, 0.2) is 17.5 Å². The maximum atomic E-state index is 14.7. The quantitative estimate of drug-likeness (QED) is 0.202. The number of benzene rings is 2. The van der Waals surface area contributed by atoms with Crippen LogP contribution in [0.2, 0.25) is 5.02 Å². The van der Waals surface area contributed by atoms with Crippen LogP contribution in [0, 0.1) is 18.6 Å². The van der Waals surface area contributed by atoms with Gasteiger partial charge in [-0.1, -0.05) is 24.6 Å². The number of nitrogens with zero attached hydrogens (tertiary/aromatic N) is 4. The molecule has 45 heavy (non-hydrogen) atoms. The summed E-state index contributed by atoms with van der Waals surface area (Å²) in [4.78, 5) is 8.72. The molecule has 3 aromatic rings. The van der Waals surface area contributed by atoms with E-state index < -0.39 is 65.0 Å². The van der Waals surface area contributed by atoms with E-state index in [4.69, 9.17) is 26.8 Å². The van der Waals surface area contributed by atoms with Crippen LogP contribution < -0.4 is 5.73 Å². The molecule has 2 aromatic carbocycles. The Morgan fingerprint density at radius 1 is 1.16 bits per heavy atom. The van der Waals surface area contributed by atoms with Gasteiger partial charge in [0.25, 0.3) is 0 Å². The van der Waals surface area contributed by atoms with E-state index in [2.05, 4.69) is 15.1 Å². The summed E-state index contributed by atoms with van der Waals surface area (Å²) in [5.41, 5.74) is 4.55. The first-order valence-corrected chi connectivity index (χ1v) is 14.5. The summed E-state index contributed by atoms with van der Waals surface area (Å²) in [7, 11) is 0. The Bertz CT molecular complexity index is 1690. The Hall–Kier alpha value is -3.43. The van der Waals surface area contributed by atoms with Crippen molar-refractivity contribution in [3.63, 3.8) is 0 Å². The zero-order valence-electron chi connectivity index (χ0n) is 24.0. The van der Waals surface area contributed by atoms with E-state index in [9.17, 15) is 32.2 Å². The van der Waals surface area contributed by atoms with Gasteiger partial charge in [0, 0.05) is 23.6 Å². The van der Waals surface area contributed by atoms with Crippen LogP contribution in [0.5, 0.6) is 0 Å². The molecule has 3 fully saturated rings. The van der Waals surface area contributed by atoms with Gasteiger partial charge in [-0.05, 0) is 55.0 Å². The van der Waals surface area contributed by atoms with Crippen molar-refractivity contribution in [3.05, 3.63) is 81.5 Å². The first-order chi connectivity index (χ1) is 21.2. The number of aryl methyl sites for hydroxylation is 1. The Labute approximate surface area is 259 Å². The molecule has 0 bridgehead atoms. The zero-order chi connectivity index (χ0) is 32.4. The van der Waals surface area contributed by atoms with Gasteiger partial charge in [0.2, 0.25) is 0 Å². The zero-order valence-corrected chi connectivity index (χ0v) is 24.7. The normalized spacial score (nSPS) is 28.1. The number of allylic oxidation sites excluding steroid dienone is 1. The molecule has 4 unspecified atom stereocenters. The Morgan fingerprint density at radius 2 is 1.89 bits per heavy atom. The second kappa shape index (κ2) is 11.4. The van der Waals surface area contributed by atoms with E-state index in [0.29, 0.717) is 5.56 Å². The summed E-state index contributed by atoms with van der Waals surface area (Å²) >= 11 is 5.67. The van der Waals surface area contributed by atoms with Crippen molar-refractivity contribution >= 4 is 23.4 Å². The third kappa shape index (κ3) is 5.63. The largest absolute Gasteiger partial charge is 0.418 e. The van der Waals surface area contributed by atoms with Crippen LogP contribution in [0.1, 0.15) is 54.2 Å². The molecule has 4 N–H and O–H groups in total. The predicted octanol–water partition coefficient (Wildman–Crippen LogP) is 4.58. The van der Waals surface area contributed by atoms with Crippen LogP contribution in [0.25, 0.3) is 11.3 Å². The smallest absolute Gasteiger partial charge is 0.404 e. The van der Waals surface area contributed by atoms with Crippen LogP contribution in [0.15, 0.2) is 41.5 Å². The summed E-state index contributed by atoms with van der Waals surface area (Å²) in [6.45, 7) is 3.26. The third-order valence-electron chi connectivity index (χ3n) is 8.60. The van der Waals surface area contributed by atoms with Gasteiger partial charge in [-0.3, -0.25) is 4.99 Å². The number of hydrogen-bond acceptors (Lipinski definition) is 8. The average molecular weight is 654 g/mol. The molecule has 3 heterocycles. The number of aliphatic imine (C=N–C) groups is 1. The molecule has 6 rings (SSSR count). The SMILES string of the molecule is Cc1nc([C@@H]2OC3C(O)CO[C@@H]3C(N=C/C(=C\N)c3ccc(Cl)c(F)c3F)C2O)n(-c2cc(C3(C)CC3)ccc2C(F)(F)F)n1. The van der Waals surface area contributed by atoms with Crippen molar-refractivity contribution in [1.29, 1.82) is 0 Å². The van der Waals surface area contributed by atoms with Gasteiger partial charge in [0.05, 0.1) is 22.9 Å². The van der Waals surface area contributed by atoms with E-state index in [1.54, 1.807) is 0 Å². The van der Waals surface area contributed by atoms with E-state index >= 15 is 0 Å². The van der Waals surface area contributed by atoms with Gasteiger partial charge in [-0.2, -0.15) is 18.3 Å². The fraction of sp³-hybridized carbons (Fsp3) is 0.433. The van der Waals surface area contributed by atoms with Gasteiger partial charge in [-0.25, -0.2) is 18.4 Å². The fourth-order valence-corrected chi connectivity index (χ4v) is 5.94. The highest BCUT2D eigenvalue weighted by atomic mass is 35.5. The van der Waals surface area contributed by atoms with Crippen LogP contribution in [0.4, 0.5) is 22.0 Å². The summed E-state index contributed by atoms with van der Waals surface area (Å²) < 4.78 is 84.4. The molecule has 15 heteroatoms. The van der Waals surface area contributed by atoms with Crippen molar-refractivity contribution in [2.45, 2.75) is 74.8 Å². The Balaban J connectivity index is 1.41. The lowest BCUT2D eigenvalue weighted by atomic mass is 9.91. The standard InChI is InChI=1S/C30H29ClF5N5O4/c1-13-39-28(41(40-13)19-9-15(29(2)7-8-29)3-5-17(19)30(34,35)36)27-24(43)23(26-25(45-27)20(42)12-44-26)38-11-14(10-37)16-4-6-18(31)22(33)21(16)32/h3-6,9-11,20,23-27,42-43H,7-8,12,37H2,1-2H3/b14-10+,38-11?/t20?,23?,24?,25?,26-,27-/m1/s1. The van der Waals surface area contributed by atoms with Crippen molar-refractivity contribution < 1.29 is 41.6 Å². The van der Waals surface area contributed by atoms with E-state index in [1.807, 2.05) is 6.92 Å². The van der Waals surface area contributed by atoms with Gasteiger partial charge in [-0.15, -0.1) is 0 Å². The number of rotatable bonds is 6. The first kappa shape index (κ1) is 31.5. The maximum Gasteiger partial charge on any atom is 0.418 e. The van der Waals surface area contributed by atoms with Gasteiger partial charge in [0.1, 0.15) is 42.4 Å². The van der Waals surface area contributed by atoms with Crippen LogP contribution in [0.3, 0.4) is 0 Å². The Kier molecular flexibility index (Phi) is 8.01. The number of ether oxygens (including phenoxy) is 2. The molecular formula is C30H29ClF5N5O4. The molecule has 2 saturated heterocycles. The summed E-state index contributed by atoms with van der Waals surface area (Å²) in [6.07, 6.45) is -7.30. The lowest BCUT2D eigenvalue weighted by Gasteiger charge is -2.40. The fourth-order valence-electron chi connectivity index (χ4n) is 5.80. The minimum atomic E-state index is -4.74. The second-order valence-electron chi connectivity index (χ2n) is 11.7. The highest BCUT2D eigenvalue weighted by Gasteiger charge is 2.54. The number of fused-ring (bicyclic) bond motifs is 1. The van der Waals surface area contributed by atoms with Crippen LogP contribution in [-0.4, -0.2) is 68.3 Å². The summed E-state index contributed by atoms with van der Waals surface area (Å²) in [5.74, 6) is -2.60. The number of halogens is 6. The number of aliphatic hydroxyl groups is 2. The number of aliphatic hydroxyl groups excluding tert-OH is 2. The maximum absolute atomic E-state index is 14.7. The molecule has 0 radical (unpaired) electrons. The van der Waals surface area contributed by atoms with E-state index in [-0.39, 0.29) is 40.5 Å². The molecule has 0 amide bonds. The number of nitrogens with two attached hydrogens (primary N) is 1. The first-order valence-electron chi connectivity index (χ1n) is 14.1. The van der Waals surface area contributed by atoms with Crippen molar-refractivity contribution in [2.24, 2.45) is 10.7 Å². The second-order valence-corrected chi connectivity index (χ2v) is 12.1. The molecule has 1 aliphatic carbocycles. The third-order valence-corrected chi connectivity index (χ3v) is 8.89. The Morgan fingerprint density at radius 3 is 2.56 bits per heavy atom. The topological polar surface area (TPSA) is 128 Å². The molecular weight excluding hydrogens is 625 g/mol. The highest BCUT2D eigenvalue weighted by Crippen LogP contribution is 2.49. The van der Waals surface area contributed by atoms with Crippen LogP contribution >= 0.6 is 11.6 Å². The highest BCUT2D eigenvalue weighted by molar-refractivity contribution is 6.30. The van der Waals surface area contributed by atoms with Gasteiger partial charge >= 0.3 is 6.18 Å². The van der Waals surface area contributed by atoms with Gasteiger partial charge < -0.3 is 25.4 Å². The predicted molar refractivity (Wildman–Crippen MR) is 153 cm³/mol. The lowest BCUT2D eigenvalue weighted by molar-refractivity contribution is -0.178. The number of aromatic nitrogens is 3. The molecule has 3 aliphatic rings.